The van der Waals surface area contributed by atoms with Crippen LogP contribution in [-0.2, 0) is 0 Å². The summed E-state index contributed by atoms with van der Waals surface area (Å²) in [7, 11) is 0. The van der Waals surface area contributed by atoms with Gasteiger partial charge in [0.05, 0.1) is 0 Å². The third kappa shape index (κ3) is 4.49. The monoisotopic (exact) mass is 366 g/mol. The van der Waals surface area contributed by atoms with Gasteiger partial charge in [-0.2, -0.15) is 0 Å². The van der Waals surface area contributed by atoms with Crippen molar-refractivity contribution < 1.29 is 20.1 Å². The zero-order valence-electron chi connectivity index (χ0n) is 11.7. The van der Waals surface area contributed by atoms with Crippen LogP contribution in [0.4, 0.5) is 0 Å². The van der Waals surface area contributed by atoms with E-state index in [9.17, 15) is 9.90 Å². The lowest BCUT2D eigenvalue weighted by molar-refractivity contribution is 0.100. The van der Waals surface area contributed by atoms with Gasteiger partial charge in [0.25, 0.3) is 0 Å². The first-order chi connectivity index (χ1) is 10.2. The van der Waals surface area contributed by atoms with Gasteiger partial charge in [0.1, 0.15) is 0 Å². The lowest BCUT2D eigenvalue weighted by Gasteiger charge is -2.05. The Morgan fingerprint density at radius 2 is 1.59 bits per heavy atom. The quantitative estimate of drug-likeness (QED) is 0.413. The number of benzene rings is 2. The summed E-state index contributed by atoms with van der Waals surface area (Å²) in [6.45, 7) is 1.48. The van der Waals surface area contributed by atoms with E-state index < -0.39 is 23.2 Å². The largest absolute Gasteiger partial charge is 0.504 e. The van der Waals surface area contributed by atoms with Crippen LogP contribution < -0.4 is 5.73 Å². The molecule has 0 aliphatic heterocycles. The fourth-order valence-electron chi connectivity index (χ4n) is 1.49. The highest BCUT2D eigenvalue weighted by atomic mass is 79.9. The third-order valence-electron chi connectivity index (χ3n) is 2.66. The Labute approximate surface area is 135 Å². The van der Waals surface area contributed by atoms with Gasteiger partial charge in [-0.3, -0.25) is 4.79 Å². The fourth-order valence-corrected chi connectivity index (χ4v) is 1.75. The summed E-state index contributed by atoms with van der Waals surface area (Å²) in [6.07, 6.45) is 0. The first-order valence-electron chi connectivity index (χ1n) is 6.08. The smallest absolute Gasteiger partial charge is 0.248 e. The molecule has 0 atom stereocenters. The summed E-state index contributed by atoms with van der Waals surface area (Å²) in [4.78, 5) is 10.5. The number of nitrogens with one attached hydrogen (secondary N) is 1. The predicted octanol–water partition coefficient (Wildman–Crippen LogP) is 2.74. The SMILES string of the molecule is CC(=N)c1ccc(O)c(O)c1O.NC(=O)c1ccc(Br)cc1. The number of carbonyl (C=O) groups excluding carboxylic acids is 1. The molecule has 0 fully saturated rings. The molecule has 6 N–H and O–H groups in total. The first-order valence-corrected chi connectivity index (χ1v) is 6.88. The van der Waals surface area contributed by atoms with Crippen molar-refractivity contribution in [1.29, 1.82) is 5.41 Å². The highest BCUT2D eigenvalue weighted by Crippen LogP contribution is 2.36. The second kappa shape index (κ2) is 7.46. The summed E-state index contributed by atoms with van der Waals surface area (Å²) < 4.78 is 0.942. The first kappa shape index (κ1) is 17.5. The standard InChI is InChI=1S/C8H9NO3.C7H6BrNO/c1-4(9)5-2-3-6(10)8(12)7(5)11;8-6-3-1-5(2-4-6)7(9)10/h2-3,9-12H,1H3;1-4H,(H2,9,10). The maximum Gasteiger partial charge on any atom is 0.248 e. The number of phenols is 3. The molecule has 0 saturated heterocycles. The third-order valence-corrected chi connectivity index (χ3v) is 3.19. The van der Waals surface area contributed by atoms with Crippen molar-refractivity contribution in [2.24, 2.45) is 5.73 Å². The molecule has 2 aromatic rings. The molecule has 0 saturated carbocycles. The van der Waals surface area contributed by atoms with E-state index in [-0.39, 0.29) is 11.3 Å². The number of carbonyl (C=O) groups is 1. The number of primary amides is 1. The maximum absolute atomic E-state index is 10.5. The Morgan fingerprint density at radius 3 is 2.05 bits per heavy atom. The molecular formula is C15H15BrN2O4. The van der Waals surface area contributed by atoms with E-state index in [0.29, 0.717) is 5.56 Å². The normalized spacial score (nSPS) is 9.55. The number of amides is 1. The number of hydrogen-bond donors (Lipinski definition) is 5. The fraction of sp³-hybridized carbons (Fsp3) is 0.0667. The highest BCUT2D eigenvalue weighted by molar-refractivity contribution is 9.10. The molecule has 0 aliphatic rings. The molecule has 7 heteroatoms. The van der Waals surface area contributed by atoms with Crippen LogP contribution in [0, 0.1) is 5.41 Å². The molecule has 6 nitrogen and oxygen atoms in total. The van der Waals surface area contributed by atoms with Crippen molar-refractivity contribution in [2.75, 3.05) is 0 Å². The number of nitrogens with two attached hydrogens (primary N) is 1. The van der Waals surface area contributed by atoms with E-state index >= 15 is 0 Å². The molecular weight excluding hydrogens is 352 g/mol. The van der Waals surface area contributed by atoms with E-state index in [0.717, 1.165) is 4.47 Å². The minimum Gasteiger partial charge on any atom is -0.504 e. The Balaban J connectivity index is 0.000000224. The van der Waals surface area contributed by atoms with Crippen LogP contribution in [0.2, 0.25) is 0 Å². The van der Waals surface area contributed by atoms with Crippen LogP contribution in [0.5, 0.6) is 17.2 Å². The minimum atomic E-state index is -0.584. The molecule has 0 aromatic heterocycles. The molecule has 0 bridgehead atoms. The zero-order valence-corrected chi connectivity index (χ0v) is 13.3. The molecule has 0 spiro atoms. The Morgan fingerprint density at radius 1 is 1.05 bits per heavy atom. The second-order valence-electron chi connectivity index (χ2n) is 4.33. The van der Waals surface area contributed by atoms with Crippen LogP contribution in [0.3, 0.4) is 0 Å². The van der Waals surface area contributed by atoms with Gasteiger partial charge in [0.2, 0.25) is 11.7 Å². The van der Waals surface area contributed by atoms with Crippen molar-refractivity contribution in [1.82, 2.24) is 0 Å². The van der Waals surface area contributed by atoms with Gasteiger partial charge in [-0.05, 0) is 43.3 Å². The number of rotatable bonds is 2. The zero-order chi connectivity index (χ0) is 16.9. The van der Waals surface area contributed by atoms with E-state index in [1.54, 1.807) is 24.3 Å². The molecule has 0 aliphatic carbocycles. The minimum absolute atomic E-state index is 0.128. The highest BCUT2D eigenvalue weighted by Gasteiger charge is 2.11. The van der Waals surface area contributed by atoms with Crippen molar-refractivity contribution in [3.63, 3.8) is 0 Å². The summed E-state index contributed by atoms with van der Waals surface area (Å²) in [6, 6.07) is 9.49. The van der Waals surface area contributed by atoms with Crippen molar-refractivity contribution >= 4 is 27.5 Å². The molecule has 2 rings (SSSR count). The number of hydrogen-bond acceptors (Lipinski definition) is 5. The molecule has 116 valence electrons. The van der Waals surface area contributed by atoms with Crippen molar-refractivity contribution in [3.8, 4) is 17.2 Å². The summed E-state index contributed by atoms with van der Waals surface area (Å²) >= 11 is 3.24. The van der Waals surface area contributed by atoms with E-state index in [1.807, 2.05) is 0 Å². The van der Waals surface area contributed by atoms with E-state index in [2.05, 4.69) is 15.9 Å². The van der Waals surface area contributed by atoms with Gasteiger partial charge in [0, 0.05) is 21.3 Å². The second-order valence-corrected chi connectivity index (χ2v) is 5.24. The van der Waals surface area contributed by atoms with Gasteiger partial charge in [-0.15, -0.1) is 0 Å². The molecule has 0 unspecified atom stereocenters. The lowest BCUT2D eigenvalue weighted by Crippen LogP contribution is -2.10. The summed E-state index contributed by atoms with van der Waals surface area (Å²) in [5, 5.41) is 34.4. The summed E-state index contributed by atoms with van der Waals surface area (Å²) in [5.41, 5.74) is 5.88. The van der Waals surface area contributed by atoms with Crippen LogP contribution in [0.15, 0.2) is 40.9 Å². The topological polar surface area (TPSA) is 128 Å². The average molecular weight is 367 g/mol. The van der Waals surface area contributed by atoms with Gasteiger partial charge in [0.15, 0.2) is 11.5 Å². The van der Waals surface area contributed by atoms with Crippen LogP contribution in [-0.4, -0.2) is 26.9 Å². The maximum atomic E-state index is 10.5. The van der Waals surface area contributed by atoms with Crippen LogP contribution in [0.25, 0.3) is 0 Å². The molecule has 1 amide bonds. The molecule has 0 radical (unpaired) electrons. The number of phenolic OH excluding ortho intramolecular Hbond substituents is 3. The average Bonchev–Trinajstić information content (AvgIpc) is 2.45. The van der Waals surface area contributed by atoms with Gasteiger partial charge in [-0.25, -0.2) is 0 Å². The van der Waals surface area contributed by atoms with Crippen LogP contribution >= 0.6 is 15.9 Å². The van der Waals surface area contributed by atoms with Crippen molar-refractivity contribution in [3.05, 3.63) is 52.0 Å². The number of aromatic hydroxyl groups is 3. The van der Waals surface area contributed by atoms with Gasteiger partial charge < -0.3 is 26.5 Å². The molecule has 0 heterocycles. The predicted molar refractivity (Wildman–Crippen MR) is 86.6 cm³/mol. The Kier molecular flexibility index (Phi) is 5.94. The van der Waals surface area contributed by atoms with E-state index in [1.165, 1.54) is 19.1 Å². The lowest BCUT2D eigenvalue weighted by atomic mass is 10.1. The van der Waals surface area contributed by atoms with E-state index in [4.69, 9.17) is 21.4 Å². The van der Waals surface area contributed by atoms with Gasteiger partial charge in [-0.1, -0.05) is 15.9 Å². The summed E-state index contributed by atoms with van der Waals surface area (Å²) in [5.74, 6) is -1.83. The Hall–Kier alpha value is -2.54. The molecule has 2 aromatic carbocycles. The van der Waals surface area contributed by atoms with Crippen molar-refractivity contribution in [2.45, 2.75) is 6.92 Å². The Bertz CT molecular complexity index is 699. The van der Waals surface area contributed by atoms with Crippen LogP contribution in [0.1, 0.15) is 22.8 Å². The van der Waals surface area contributed by atoms with Gasteiger partial charge >= 0.3 is 0 Å². The molecule has 22 heavy (non-hydrogen) atoms. The number of halogens is 1.